The van der Waals surface area contributed by atoms with Crippen molar-refractivity contribution in [3.63, 3.8) is 0 Å². The molecule has 2 heterocycles. The van der Waals surface area contributed by atoms with Crippen molar-refractivity contribution in [3.8, 4) is 0 Å². The number of ether oxygens (including phenoxy) is 4. The van der Waals surface area contributed by atoms with Gasteiger partial charge in [0.25, 0.3) is 0 Å². The molecular weight excluding hydrogens is 428 g/mol. The number of carbonyl (C=O) groups excluding carboxylic acids is 1. The first-order chi connectivity index (χ1) is 14.9. The monoisotopic (exact) mass is 462 g/mol. The Kier molecular flexibility index (Phi) is 7.96. The molecule has 9 atom stereocenters. The Bertz CT molecular complexity index is 708. The van der Waals surface area contributed by atoms with Gasteiger partial charge >= 0.3 is 5.97 Å². The van der Waals surface area contributed by atoms with Crippen molar-refractivity contribution < 1.29 is 54.4 Å². The Morgan fingerprint density at radius 3 is 2.31 bits per heavy atom. The van der Waals surface area contributed by atoms with E-state index in [9.17, 15) is 35.4 Å². The van der Waals surface area contributed by atoms with E-state index in [0.29, 0.717) is 5.57 Å². The van der Waals surface area contributed by atoms with Crippen LogP contribution in [0.4, 0.5) is 0 Å². The Hall–Kier alpha value is -1.15. The lowest BCUT2D eigenvalue weighted by Crippen LogP contribution is -2.60. The van der Waals surface area contributed by atoms with Crippen LogP contribution in [-0.2, 0) is 23.7 Å². The molecule has 11 heteroatoms. The summed E-state index contributed by atoms with van der Waals surface area (Å²) in [6.45, 7) is 5.02. The minimum absolute atomic E-state index is 0.275. The zero-order valence-corrected chi connectivity index (χ0v) is 18.5. The number of hydrogen-bond acceptors (Lipinski definition) is 11. The maximum atomic E-state index is 12.9. The van der Waals surface area contributed by atoms with Gasteiger partial charge in [0, 0.05) is 5.57 Å². The number of rotatable bonds is 5. The number of esters is 1. The Morgan fingerprint density at radius 2 is 1.66 bits per heavy atom. The fourth-order valence-electron chi connectivity index (χ4n) is 4.51. The molecule has 11 nitrogen and oxygen atoms in total. The lowest BCUT2D eigenvalue weighted by atomic mass is 9.73. The summed E-state index contributed by atoms with van der Waals surface area (Å²) in [5, 5.41) is 60.0. The predicted molar refractivity (Wildman–Crippen MR) is 107 cm³/mol. The van der Waals surface area contributed by atoms with Crippen molar-refractivity contribution in [1.82, 2.24) is 0 Å². The van der Waals surface area contributed by atoms with Crippen molar-refractivity contribution >= 4 is 5.97 Å². The highest BCUT2D eigenvalue weighted by Gasteiger charge is 2.47. The standard InChI is InChI=1S/C21H34O11/c1-9-5-4-6-21(2,3)12(9)18(28)32-20-17(27)15(25)14(24)11(31-20)8-30-19-16(26)13(23)10(22)7-29-19/h10-11,13-17,19-20,22-27H,4-8H2,1-3H3/t10-,11+,13+,14+,15-,16+,17+,19-,20-/m0/s1. The molecule has 3 aliphatic rings. The smallest absolute Gasteiger partial charge is 0.336 e. The van der Waals surface area contributed by atoms with E-state index in [-0.39, 0.29) is 6.61 Å². The number of carbonyl (C=O) groups is 1. The predicted octanol–water partition coefficient (Wildman–Crippen LogP) is -1.68. The Labute approximate surface area is 186 Å². The molecule has 6 N–H and O–H groups in total. The molecule has 1 aliphatic carbocycles. The van der Waals surface area contributed by atoms with Crippen LogP contribution in [0.15, 0.2) is 11.1 Å². The average Bonchev–Trinajstić information content (AvgIpc) is 2.72. The topological polar surface area (TPSA) is 175 Å². The van der Waals surface area contributed by atoms with Crippen molar-refractivity contribution in [1.29, 1.82) is 0 Å². The molecule has 3 rings (SSSR count). The zero-order valence-electron chi connectivity index (χ0n) is 18.5. The quantitative estimate of drug-likeness (QED) is 0.257. The third-order valence-corrected chi connectivity index (χ3v) is 6.43. The van der Waals surface area contributed by atoms with Crippen LogP contribution >= 0.6 is 0 Å². The molecule has 2 saturated heterocycles. The largest absolute Gasteiger partial charge is 0.429 e. The molecule has 0 aromatic carbocycles. The van der Waals surface area contributed by atoms with Gasteiger partial charge in [-0.3, -0.25) is 0 Å². The maximum absolute atomic E-state index is 12.9. The average molecular weight is 462 g/mol. The van der Waals surface area contributed by atoms with E-state index in [1.807, 2.05) is 20.8 Å². The highest BCUT2D eigenvalue weighted by atomic mass is 16.7. The summed E-state index contributed by atoms with van der Waals surface area (Å²) in [5.74, 6) is -0.664. The van der Waals surface area contributed by atoms with E-state index in [1.54, 1.807) is 0 Å². The summed E-state index contributed by atoms with van der Waals surface area (Å²) >= 11 is 0. The SMILES string of the molecule is CC1=C(C(=O)O[C@@H]2O[C@H](CO[C@@H]3OC[C@H](O)[C@@H](O)[C@H]3O)[C@@H](O)[C@H](O)[C@H]2O)C(C)(C)CCC1. The molecule has 0 saturated carbocycles. The molecule has 0 spiro atoms. The van der Waals surface area contributed by atoms with Gasteiger partial charge in [-0.05, 0) is 31.6 Å². The van der Waals surface area contributed by atoms with Gasteiger partial charge in [0.15, 0.2) is 6.29 Å². The minimum Gasteiger partial charge on any atom is -0.429 e. The third-order valence-electron chi connectivity index (χ3n) is 6.43. The molecule has 0 aromatic rings. The summed E-state index contributed by atoms with van der Waals surface area (Å²) in [4.78, 5) is 12.9. The van der Waals surface area contributed by atoms with Gasteiger partial charge in [-0.1, -0.05) is 19.4 Å². The van der Waals surface area contributed by atoms with Crippen LogP contribution in [0.2, 0.25) is 0 Å². The molecule has 0 bridgehead atoms. The molecule has 32 heavy (non-hydrogen) atoms. The van der Waals surface area contributed by atoms with Gasteiger partial charge in [-0.15, -0.1) is 0 Å². The maximum Gasteiger partial charge on any atom is 0.336 e. The normalized spacial score (nSPS) is 42.6. The first kappa shape index (κ1) is 25.5. The highest BCUT2D eigenvalue weighted by molar-refractivity contribution is 5.91. The van der Waals surface area contributed by atoms with Gasteiger partial charge in [0.1, 0.15) is 42.7 Å². The van der Waals surface area contributed by atoms with Gasteiger partial charge in [0.2, 0.25) is 6.29 Å². The van der Waals surface area contributed by atoms with Crippen LogP contribution in [0.3, 0.4) is 0 Å². The first-order valence-corrected chi connectivity index (χ1v) is 10.8. The molecule has 2 aliphatic heterocycles. The molecular formula is C21H34O11. The summed E-state index contributed by atoms with van der Waals surface area (Å²) in [6, 6.07) is 0. The van der Waals surface area contributed by atoms with Crippen molar-refractivity contribution in [2.24, 2.45) is 5.41 Å². The van der Waals surface area contributed by atoms with E-state index in [4.69, 9.17) is 18.9 Å². The van der Waals surface area contributed by atoms with Crippen LogP contribution < -0.4 is 0 Å². The summed E-state index contributed by atoms with van der Waals surface area (Å²) in [6.07, 6.45) is -10.9. The number of allylic oxidation sites excluding steroid dienone is 1. The fraction of sp³-hybridized carbons (Fsp3) is 0.857. The van der Waals surface area contributed by atoms with Crippen LogP contribution in [0, 0.1) is 5.41 Å². The second kappa shape index (κ2) is 10.00. The molecule has 0 amide bonds. The fourth-order valence-corrected chi connectivity index (χ4v) is 4.51. The third kappa shape index (κ3) is 5.16. The lowest BCUT2D eigenvalue weighted by Gasteiger charge is -2.41. The van der Waals surface area contributed by atoms with E-state index in [1.165, 1.54) is 0 Å². The summed E-state index contributed by atoms with van der Waals surface area (Å²) in [5.41, 5.74) is 0.972. The Morgan fingerprint density at radius 1 is 1.00 bits per heavy atom. The van der Waals surface area contributed by atoms with Crippen LogP contribution in [0.1, 0.15) is 40.0 Å². The van der Waals surface area contributed by atoms with Gasteiger partial charge < -0.3 is 49.6 Å². The molecule has 0 unspecified atom stereocenters. The second-order valence-corrected chi connectivity index (χ2v) is 9.40. The lowest BCUT2D eigenvalue weighted by molar-refractivity contribution is -0.314. The van der Waals surface area contributed by atoms with E-state index >= 15 is 0 Å². The molecule has 0 aromatic heterocycles. The number of hydrogen-bond donors (Lipinski definition) is 6. The van der Waals surface area contributed by atoms with Gasteiger partial charge in [0.05, 0.1) is 13.2 Å². The van der Waals surface area contributed by atoms with Crippen LogP contribution in [0.25, 0.3) is 0 Å². The summed E-state index contributed by atoms with van der Waals surface area (Å²) in [7, 11) is 0. The van der Waals surface area contributed by atoms with E-state index in [0.717, 1.165) is 24.8 Å². The summed E-state index contributed by atoms with van der Waals surface area (Å²) < 4.78 is 21.4. The zero-order chi connectivity index (χ0) is 23.8. The molecule has 184 valence electrons. The van der Waals surface area contributed by atoms with Crippen molar-refractivity contribution in [2.45, 2.75) is 95.3 Å². The highest BCUT2D eigenvalue weighted by Crippen LogP contribution is 2.41. The van der Waals surface area contributed by atoms with E-state index < -0.39 is 73.3 Å². The van der Waals surface area contributed by atoms with Crippen molar-refractivity contribution in [2.75, 3.05) is 13.2 Å². The Balaban J connectivity index is 1.66. The number of aliphatic hydroxyl groups is 6. The molecule has 2 fully saturated rings. The van der Waals surface area contributed by atoms with E-state index in [2.05, 4.69) is 0 Å². The van der Waals surface area contributed by atoms with Gasteiger partial charge in [-0.2, -0.15) is 0 Å². The van der Waals surface area contributed by atoms with Gasteiger partial charge in [-0.25, -0.2) is 4.79 Å². The minimum atomic E-state index is -1.69. The first-order valence-electron chi connectivity index (χ1n) is 10.8. The second-order valence-electron chi connectivity index (χ2n) is 9.40. The molecule has 0 radical (unpaired) electrons. The van der Waals surface area contributed by atoms with Crippen LogP contribution in [-0.4, -0.2) is 105 Å². The number of aliphatic hydroxyl groups excluding tert-OH is 6. The van der Waals surface area contributed by atoms with Crippen molar-refractivity contribution in [3.05, 3.63) is 11.1 Å². The van der Waals surface area contributed by atoms with Crippen LogP contribution in [0.5, 0.6) is 0 Å².